The van der Waals surface area contributed by atoms with Gasteiger partial charge in [-0.05, 0) is 30.7 Å². The van der Waals surface area contributed by atoms with E-state index in [1.165, 1.54) is 0 Å². The van der Waals surface area contributed by atoms with Crippen molar-refractivity contribution < 1.29 is 23.6 Å². The van der Waals surface area contributed by atoms with Gasteiger partial charge in [-0.25, -0.2) is 4.39 Å². The third kappa shape index (κ3) is 3.15. The molecule has 2 rings (SSSR count). The molecule has 0 saturated heterocycles. The highest BCUT2D eigenvalue weighted by Crippen LogP contribution is 2.47. The lowest BCUT2D eigenvalue weighted by Gasteiger charge is -2.14. The zero-order valence-corrected chi connectivity index (χ0v) is 11.1. The van der Waals surface area contributed by atoms with E-state index >= 15 is 0 Å². The highest BCUT2D eigenvalue weighted by molar-refractivity contribution is 5.95. The average molecular weight is 300 g/mol. The number of hydrogen-bond donors (Lipinski definition) is 2. The second-order valence-electron chi connectivity index (χ2n) is 5.17. The predicted octanol–water partition coefficient (Wildman–Crippen LogP) is 1.77. The first-order chi connectivity index (χ1) is 9.90. The summed E-state index contributed by atoms with van der Waals surface area (Å²) in [6, 6.07) is 1.37. The van der Waals surface area contributed by atoms with E-state index in [0.717, 1.165) is 12.8 Å². The molecule has 1 aromatic rings. The van der Waals surface area contributed by atoms with Gasteiger partial charge >= 0.3 is 5.69 Å². The van der Waals surface area contributed by atoms with Crippen LogP contribution in [0.15, 0.2) is 12.1 Å². The monoisotopic (exact) mass is 300 g/mol. The SMILES string of the molecule is O=C(NCC1(CCO)CC1)c1c(F)ccc([N+](=O)[O-])c1F. The Morgan fingerprint density at radius 3 is 2.62 bits per heavy atom. The molecule has 0 unspecified atom stereocenters. The van der Waals surface area contributed by atoms with E-state index in [-0.39, 0.29) is 18.6 Å². The Labute approximate surface area is 118 Å². The van der Waals surface area contributed by atoms with Crippen molar-refractivity contribution in [3.8, 4) is 0 Å². The fraction of sp³-hybridized carbons (Fsp3) is 0.462. The van der Waals surface area contributed by atoms with Gasteiger partial charge < -0.3 is 10.4 Å². The van der Waals surface area contributed by atoms with Crippen LogP contribution in [0.3, 0.4) is 0 Å². The van der Waals surface area contributed by atoms with Gasteiger partial charge in [-0.15, -0.1) is 0 Å². The van der Waals surface area contributed by atoms with Crippen LogP contribution in [0.4, 0.5) is 14.5 Å². The summed E-state index contributed by atoms with van der Waals surface area (Å²) in [5.74, 6) is -3.66. The normalized spacial score (nSPS) is 15.6. The number of nitrogens with zero attached hydrogens (tertiary/aromatic N) is 1. The van der Waals surface area contributed by atoms with Gasteiger partial charge in [0.25, 0.3) is 5.91 Å². The van der Waals surface area contributed by atoms with Crippen LogP contribution < -0.4 is 5.32 Å². The van der Waals surface area contributed by atoms with Crippen molar-refractivity contribution in [2.75, 3.05) is 13.2 Å². The number of nitro groups is 1. The third-order valence-corrected chi connectivity index (χ3v) is 3.72. The smallest absolute Gasteiger partial charge is 0.305 e. The molecule has 2 N–H and O–H groups in total. The lowest BCUT2D eigenvalue weighted by Crippen LogP contribution is -2.32. The summed E-state index contributed by atoms with van der Waals surface area (Å²) in [6.07, 6.45) is 2.12. The van der Waals surface area contributed by atoms with Crippen molar-refractivity contribution in [2.24, 2.45) is 5.41 Å². The first-order valence-corrected chi connectivity index (χ1v) is 6.42. The number of carbonyl (C=O) groups is 1. The molecule has 0 bridgehead atoms. The van der Waals surface area contributed by atoms with Gasteiger partial charge in [-0.1, -0.05) is 0 Å². The maximum Gasteiger partial charge on any atom is 0.305 e. The fourth-order valence-corrected chi connectivity index (χ4v) is 2.18. The molecule has 1 fully saturated rings. The third-order valence-electron chi connectivity index (χ3n) is 3.72. The Kier molecular flexibility index (Phi) is 4.17. The second kappa shape index (κ2) is 5.72. The van der Waals surface area contributed by atoms with Crippen LogP contribution in [0.5, 0.6) is 0 Å². The largest absolute Gasteiger partial charge is 0.396 e. The van der Waals surface area contributed by atoms with Crippen molar-refractivity contribution in [1.82, 2.24) is 5.32 Å². The number of carbonyl (C=O) groups excluding carboxylic acids is 1. The van der Waals surface area contributed by atoms with Crippen LogP contribution in [0.2, 0.25) is 0 Å². The van der Waals surface area contributed by atoms with E-state index in [0.29, 0.717) is 18.6 Å². The Bertz CT molecular complexity index is 588. The predicted molar refractivity (Wildman–Crippen MR) is 68.7 cm³/mol. The molecular formula is C13H14F2N2O4. The molecule has 0 aromatic heterocycles. The number of nitrogens with one attached hydrogen (secondary N) is 1. The van der Waals surface area contributed by atoms with Gasteiger partial charge in [0.1, 0.15) is 11.4 Å². The zero-order chi connectivity index (χ0) is 15.6. The molecule has 1 aliphatic carbocycles. The summed E-state index contributed by atoms with van der Waals surface area (Å²) in [7, 11) is 0. The minimum Gasteiger partial charge on any atom is -0.396 e. The summed E-state index contributed by atoms with van der Waals surface area (Å²) >= 11 is 0. The van der Waals surface area contributed by atoms with E-state index in [9.17, 15) is 23.7 Å². The lowest BCUT2D eigenvalue weighted by molar-refractivity contribution is -0.387. The van der Waals surface area contributed by atoms with Gasteiger partial charge in [0.2, 0.25) is 5.82 Å². The molecule has 1 aromatic carbocycles. The molecular weight excluding hydrogens is 286 g/mol. The standard InChI is InChI=1S/C13H14F2N2O4/c14-8-1-2-9(17(20)21)11(15)10(8)12(19)16-7-13(3-4-13)5-6-18/h1-2,18H,3-7H2,(H,16,19). The van der Waals surface area contributed by atoms with E-state index in [1.807, 2.05) is 0 Å². The van der Waals surface area contributed by atoms with E-state index < -0.39 is 33.7 Å². The molecule has 0 spiro atoms. The van der Waals surface area contributed by atoms with Crippen molar-refractivity contribution in [1.29, 1.82) is 0 Å². The van der Waals surface area contributed by atoms with E-state index in [4.69, 9.17) is 5.11 Å². The van der Waals surface area contributed by atoms with Crippen LogP contribution in [0, 0.1) is 27.2 Å². The minimum atomic E-state index is -1.48. The van der Waals surface area contributed by atoms with E-state index in [1.54, 1.807) is 0 Å². The first-order valence-electron chi connectivity index (χ1n) is 6.42. The highest BCUT2D eigenvalue weighted by Gasteiger charge is 2.42. The Morgan fingerprint density at radius 1 is 1.43 bits per heavy atom. The molecule has 1 aliphatic rings. The summed E-state index contributed by atoms with van der Waals surface area (Å²) in [4.78, 5) is 21.5. The first kappa shape index (κ1) is 15.3. The molecule has 8 heteroatoms. The van der Waals surface area contributed by atoms with Gasteiger partial charge in [-0.2, -0.15) is 4.39 Å². The Morgan fingerprint density at radius 2 is 2.10 bits per heavy atom. The van der Waals surface area contributed by atoms with Gasteiger partial charge in [0.15, 0.2) is 0 Å². The van der Waals surface area contributed by atoms with Crippen molar-refractivity contribution in [3.63, 3.8) is 0 Å². The molecule has 0 atom stereocenters. The fourth-order valence-electron chi connectivity index (χ4n) is 2.18. The number of rotatable bonds is 6. The van der Waals surface area contributed by atoms with Crippen LogP contribution in [-0.4, -0.2) is 29.1 Å². The molecule has 0 heterocycles. The number of halogens is 2. The van der Waals surface area contributed by atoms with Crippen molar-refractivity contribution in [3.05, 3.63) is 39.4 Å². The van der Waals surface area contributed by atoms with Crippen LogP contribution in [0.25, 0.3) is 0 Å². The maximum atomic E-state index is 13.8. The Balaban J connectivity index is 2.16. The van der Waals surface area contributed by atoms with Gasteiger partial charge in [-0.3, -0.25) is 14.9 Å². The molecule has 21 heavy (non-hydrogen) atoms. The number of hydrogen-bond acceptors (Lipinski definition) is 4. The zero-order valence-electron chi connectivity index (χ0n) is 11.1. The number of benzene rings is 1. The minimum absolute atomic E-state index is 0.0323. The number of aliphatic hydroxyl groups excluding tert-OH is 1. The quantitative estimate of drug-likeness (QED) is 0.618. The summed E-state index contributed by atoms with van der Waals surface area (Å²) in [5, 5.41) is 21.9. The molecule has 114 valence electrons. The Hall–Kier alpha value is -2.09. The topological polar surface area (TPSA) is 92.5 Å². The maximum absolute atomic E-state index is 13.8. The van der Waals surface area contributed by atoms with Crippen molar-refractivity contribution >= 4 is 11.6 Å². The van der Waals surface area contributed by atoms with Crippen molar-refractivity contribution in [2.45, 2.75) is 19.3 Å². The van der Waals surface area contributed by atoms with Gasteiger partial charge in [0.05, 0.1) is 4.92 Å². The van der Waals surface area contributed by atoms with Crippen LogP contribution in [-0.2, 0) is 0 Å². The molecule has 6 nitrogen and oxygen atoms in total. The summed E-state index contributed by atoms with van der Waals surface area (Å²) in [6.45, 7) is 0.142. The molecule has 1 saturated carbocycles. The lowest BCUT2D eigenvalue weighted by atomic mass is 10.0. The number of nitro benzene ring substituents is 1. The number of aliphatic hydroxyl groups is 1. The molecule has 1 amide bonds. The molecule has 0 radical (unpaired) electrons. The molecule has 0 aliphatic heterocycles. The second-order valence-corrected chi connectivity index (χ2v) is 5.17. The summed E-state index contributed by atoms with van der Waals surface area (Å²) < 4.78 is 27.4. The number of amides is 1. The van der Waals surface area contributed by atoms with Gasteiger partial charge in [0, 0.05) is 19.2 Å². The van der Waals surface area contributed by atoms with Crippen LogP contribution >= 0.6 is 0 Å². The average Bonchev–Trinajstić information content (AvgIpc) is 3.17. The van der Waals surface area contributed by atoms with E-state index in [2.05, 4.69) is 5.32 Å². The highest BCUT2D eigenvalue weighted by atomic mass is 19.1. The van der Waals surface area contributed by atoms with Crippen LogP contribution in [0.1, 0.15) is 29.6 Å². The summed E-state index contributed by atoms with van der Waals surface area (Å²) in [5.41, 5.74) is -2.13.